The van der Waals surface area contributed by atoms with E-state index in [1.165, 1.54) is 11.3 Å². The Kier molecular flexibility index (Phi) is 4.30. The Morgan fingerprint density at radius 1 is 1.50 bits per heavy atom. The van der Waals surface area contributed by atoms with E-state index in [2.05, 4.69) is 10.1 Å². The number of amides is 1. The van der Waals surface area contributed by atoms with Gasteiger partial charge in [0, 0.05) is 4.88 Å². The minimum Gasteiger partial charge on any atom is -0.478 e. The maximum atomic E-state index is 11.2. The number of aryl methyl sites for hydroxylation is 1. The zero-order valence-electron chi connectivity index (χ0n) is 9.07. The highest BCUT2D eigenvalue weighted by Gasteiger charge is 2.16. The Balaban J connectivity index is 2.89. The van der Waals surface area contributed by atoms with E-state index in [0.717, 1.165) is 11.3 Å². The second-order valence-electron chi connectivity index (χ2n) is 2.96. The number of hydrogen-bond donors (Lipinski definition) is 2. The Morgan fingerprint density at radius 3 is 2.69 bits per heavy atom. The molecule has 1 amide bonds. The van der Waals surface area contributed by atoms with E-state index < -0.39 is 12.1 Å². The van der Waals surface area contributed by atoms with Crippen molar-refractivity contribution in [3.8, 4) is 0 Å². The van der Waals surface area contributed by atoms with Crippen LogP contribution in [0.1, 0.15) is 29.1 Å². The highest BCUT2D eigenvalue weighted by molar-refractivity contribution is 7.16. The second-order valence-corrected chi connectivity index (χ2v) is 4.10. The molecule has 5 nitrogen and oxygen atoms in total. The molecule has 0 bridgehead atoms. The van der Waals surface area contributed by atoms with E-state index in [-0.39, 0.29) is 12.2 Å². The van der Waals surface area contributed by atoms with E-state index in [0.29, 0.717) is 5.00 Å². The summed E-state index contributed by atoms with van der Waals surface area (Å²) in [5, 5.41) is 11.7. The number of aromatic carboxylic acids is 1. The van der Waals surface area contributed by atoms with Crippen molar-refractivity contribution in [2.45, 2.75) is 20.3 Å². The van der Waals surface area contributed by atoms with Crippen LogP contribution in [0.25, 0.3) is 0 Å². The predicted molar refractivity (Wildman–Crippen MR) is 61.3 cm³/mol. The normalized spacial score (nSPS) is 9.88. The molecule has 0 aliphatic carbocycles. The number of nitrogens with one attached hydrogen (secondary N) is 1. The van der Waals surface area contributed by atoms with Gasteiger partial charge in [-0.3, -0.25) is 5.32 Å². The lowest BCUT2D eigenvalue weighted by Gasteiger charge is -2.03. The first kappa shape index (κ1) is 12.5. The first-order valence-electron chi connectivity index (χ1n) is 4.88. The number of rotatable bonds is 4. The number of carbonyl (C=O) groups excluding carboxylic acids is 1. The molecule has 0 saturated carbocycles. The lowest BCUT2D eigenvalue weighted by atomic mass is 10.2. The van der Waals surface area contributed by atoms with Crippen molar-refractivity contribution in [1.82, 2.24) is 0 Å². The molecule has 0 spiro atoms. The quantitative estimate of drug-likeness (QED) is 0.852. The van der Waals surface area contributed by atoms with Gasteiger partial charge in [0.05, 0.1) is 12.2 Å². The fourth-order valence-electron chi connectivity index (χ4n) is 1.13. The average molecular weight is 243 g/mol. The summed E-state index contributed by atoms with van der Waals surface area (Å²) in [5.74, 6) is -1.05. The maximum Gasteiger partial charge on any atom is 0.412 e. The lowest BCUT2D eigenvalue weighted by molar-refractivity contribution is 0.0698. The van der Waals surface area contributed by atoms with Crippen LogP contribution in [0, 0.1) is 0 Å². The van der Waals surface area contributed by atoms with Crippen LogP contribution in [0.5, 0.6) is 0 Å². The molecule has 1 aromatic rings. The van der Waals surface area contributed by atoms with Crippen LogP contribution >= 0.6 is 11.3 Å². The minimum atomic E-state index is -1.05. The van der Waals surface area contributed by atoms with Crippen molar-refractivity contribution in [2.24, 2.45) is 0 Å². The monoisotopic (exact) mass is 243 g/mol. The molecule has 1 aromatic heterocycles. The summed E-state index contributed by atoms with van der Waals surface area (Å²) in [6.45, 7) is 3.86. The Labute approximate surface area is 97.0 Å². The van der Waals surface area contributed by atoms with Gasteiger partial charge in [0.15, 0.2) is 0 Å². The van der Waals surface area contributed by atoms with Crippen LogP contribution in [-0.4, -0.2) is 23.8 Å². The lowest BCUT2D eigenvalue weighted by Crippen LogP contribution is -2.14. The number of thiophene rings is 1. The van der Waals surface area contributed by atoms with Crippen molar-refractivity contribution < 1.29 is 19.4 Å². The number of carboxylic acid groups (broad SMARTS) is 1. The third-order valence-electron chi connectivity index (χ3n) is 1.85. The van der Waals surface area contributed by atoms with E-state index in [1.54, 1.807) is 13.0 Å². The molecule has 0 atom stereocenters. The molecular weight excluding hydrogens is 230 g/mol. The topological polar surface area (TPSA) is 75.6 Å². The number of ether oxygens (including phenoxy) is 1. The largest absolute Gasteiger partial charge is 0.478 e. The van der Waals surface area contributed by atoms with Crippen LogP contribution in [0.2, 0.25) is 0 Å². The van der Waals surface area contributed by atoms with Crippen molar-refractivity contribution in [1.29, 1.82) is 0 Å². The van der Waals surface area contributed by atoms with Gasteiger partial charge in [0.25, 0.3) is 0 Å². The fourth-order valence-corrected chi connectivity index (χ4v) is 2.10. The molecule has 1 heterocycles. The van der Waals surface area contributed by atoms with Crippen LogP contribution in [0.3, 0.4) is 0 Å². The Bertz CT molecular complexity index is 400. The predicted octanol–water partition coefficient (Wildman–Crippen LogP) is 2.58. The summed E-state index contributed by atoms with van der Waals surface area (Å²) in [5.41, 5.74) is 0.106. The molecular formula is C10H13NO4S. The summed E-state index contributed by atoms with van der Waals surface area (Å²) >= 11 is 1.25. The van der Waals surface area contributed by atoms with Crippen LogP contribution in [0.15, 0.2) is 6.07 Å². The highest BCUT2D eigenvalue weighted by Crippen LogP contribution is 2.28. The van der Waals surface area contributed by atoms with Gasteiger partial charge >= 0.3 is 12.1 Å². The van der Waals surface area contributed by atoms with Gasteiger partial charge in [0.2, 0.25) is 0 Å². The van der Waals surface area contributed by atoms with Crippen molar-refractivity contribution in [3.05, 3.63) is 16.5 Å². The molecule has 1 rings (SSSR count). The van der Waals surface area contributed by atoms with Gasteiger partial charge in [-0.15, -0.1) is 11.3 Å². The van der Waals surface area contributed by atoms with Gasteiger partial charge in [-0.25, -0.2) is 9.59 Å². The van der Waals surface area contributed by atoms with E-state index in [4.69, 9.17) is 5.11 Å². The number of anilines is 1. The molecule has 0 unspecified atom stereocenters. The Hall–Kier alpha value is -1.56. The van der Waals surface area contributed by atoms with Gasteiger partial charge in [-0.05, 0) is 19.4 Å². The molecule has 88 valence electrons. The summed E-state index contributed by atoms with van der Waals surface area (Å²) in [4.78, 5) is 23.0. The van der Waals surface area contributed by atoms with Gasteiger partial charge in [-0.2, -0.15) is 0 Å². The minimum absolute atomic E-state index is 0.106. The average Bonchev–Trinajstić information content (AvgIpc) is 2.61. The van der Waals surface area contributed by atoms with E-state index in [9.17, 15) is 9.59 Å². The fraction of sp³-hybridized carbons (Fsp3) is 0.400. The molecule has 16 heavy (non-hydrogen) atoms. The maximum absolute atomic E-state index is 11.2. The summed E-state index contributed by atoms with van der Waals surface area (Å²) in [7, 11) is 0. The summed E-state index contributed by atoms with van der Waals surface area (Å²) in [6.07, 6.45) is 0.102. The summed E-state index contributed by atoms with van der Waals surface area (Å²) in [6, 6.07) is 1.56. The first-order valence-corrected chi connectivity index (χ1v) is 5.69. The third kappa shape index (κ3) is 2.96. The standard InChI is InChI=1S/C10H13NO4S/c1-3-6-5-7(9(12)13)8(16-6)11-10(14)15-4-2/h5H,3-4H2,1-2H3,(H,11,14)(H,12,13). The number of hydrogen-bond acceptors (Lipinski definition) is 4. The molecule has 0 saturated heterocycles. The first-order chi connectivity index (χ1) is 7.58. The smallest absolute Gasteiger partial charge is 0.412 e. The molecule has 2 N–H and O–H groups in total. The molecule has 0 aliphatic heterocycles. The zero-order valence-corrected chi connectivity index (χ0v) is 9.89. The van der Waals surface area contributed by atoms with Gasteiger partial charge in [-0.1, -0.05) is 6.92 Å². The third-order valence-corrected chi connectivity index (χ3v) is 3.05. The zero-order chi connectivity index (χ0) is 12.1. The molecule has 0 aliphatic rings. The van der Waals surface area contributed by atoms with E-state index >= 15 is 0 Å². The SMILES string of the molecule is CCOC(=O)Nc1sc(CC)cc1C(=O)O. The summed E-state index contributed by atoms with van der Waals surface area (Å²) < 4.78 is 4.69. The van der Waals surface area contributed by atoms with Gasteiger partial charge < -0.3 is 9.84 Å². The molecule has 0 radical (unpaired) electrons. The van der Waals surface area contributed by atoms with E-state index in [1.807, 2.05) is 6.92 Å². The molecule has 0 aromatic carbocycles. The molecule has 0 fully saturated rings. The highest BCUT2D eigenvalue weighted by atomic mass is 32.1. The van der Waals surface area contributed by atoms with Crippen molar-refractivity contribution in [3.63, 3.8) is 0 Å². The number of carbonyl (C=O) groups is 2. The Morgan fingerprint density at radius 2 is 2.19 bits per heavy atom. The second kappa shape index (κ2) is 5.50. The van der Waals surface area contributed by atoms with Gasteiger partial charge in [0.1, 0.15) is 5.00 Å². The van der Waals surface area contributed by atoms with Crippen LogP contribution in [-0.2, 0) is 11.2 Å². The van der Waals surface area contributed by atoms with Crippen LogP contribution in [0.4, 0.5) is 9.80 Å². The number of carboxylic acids is 1. The van der Waals surface area contributed by atoms with Crippen molar-refractivity contribution in [2.75, 3.05) is 11.9 Å². The van der Waals surface area contributed by atoms with Crippen LogP contribution < -0.4 is 5.32 Å². The molecule has 6 heteroatoms. The van der Waals surface area contributed by atoms with Crippen molar-refractivity contribution >= 4 is 28.4 Å².